The first kappa shape index (κ1) is 11.2. The van der Waals surface area contributed by atoms with Crippen molar-refractivity contribution in [3.63, 3.8) is 0 Å². The Morgan fingerprint density at radius 2 is 1.56 bits per heavy atom. The molecule has 2 rings (SSSR count). The van der Waals surface area contributed by atoms with E-state index in [1.807, 2.05) is 6.07 Å². The maximum atomic E-state index is 9.65. The topological polar surface area (TPSA) is 40.5 Å². The third-order valence-electron chi connectivity index (χ3n) is 2.03. The minimum absolute atomic E-state index is 0.186. The van der Waals surface area contributed by atoms with Crippen molar-refractivity contribution in [2.75, 3.05) is 0 Å². The summed E-state index contributed by atoms with van der Waals surface area (Å²) in [4.78, 5) is 2.15. The molecule has 0 fully saturated rings. The van der Waals surface area contributed by atoms with Gasteiger partial charge in [0.2, 0.25) is 0 Å². The number of thiol groups is 1. The lowest BCUT2D eigenvalue weighted by Gasteiger charge is -2.06. The van der Waals surface area contributed by atoms with Gasteiger partial charge in [-0.2, -0.15) is 0 Å². The van der Waals surface area contributed by atoms with E-state index in [2.05, 4.69) is 12.6 Å². The predicted molar refractivity (Wildman–Crippen MR) is 67.6 cm³/mol. The Kier molecular flexibility index (Phi) is 3.31. The van der Waals surface area contributed by atoms with Crippen LogP contribution in [0, 0.1) is 0 Å². The molecule has 2 nitrogen and oxygen atoms in total. The van der Waals surface area contributed by atoms with Crippen LogP contribution in [0.5, 0.6) is 11.5 Å². The van der Waals surface area contributed by atoms with Crippen molar-refractivity contribution in [3.05, 3.63) is 42.5 Å². The quantitative estimate of drug-likeness (QED) is 0.714. The van der Waals surface area contributed by atoms with Gasteiger partial charge in [-0.1, -0.05) is 23.9 Å². The Hall–Kier alpha value is -1.26. The Bertz CT molecular complexity index is 512. The van der Waals surface area contributed by atoms with Crippen LogP contribution in [0.4, 0.5) is 0 Å². The SMILES string of the molecule is Oc1ccccc1Sc1cc(S)ccc1O. The Balaban J connectivity index is 2.34. The van der Waals surface area contributed by atoms with Gasteiger partial charge in [-0.05, 0) is 30.3 Å². The lowest BCUT2D eigenvalue weighted by molar-refractivity contribution is 0.459. The summed E-state index contributed by atoms with van der Waals surface area (Å²) in [7, 11) is 0. The summed E-state index contributed by atoms with van der Waals surface area (Å²) < 4.78 is 0. The van der Waals surface area contributed by atoms with Crippen molar-refractivity contribution < 1.29 is 10.2 Å². The van der Waals surface area contributed by atoms with Crippen molar-refractivity contribution in [1.29, 1.82) is 0 Å². The fourth-order valence-electron chi connectivity index (χ4n) is 1.25. The molecule has 0 radical (unpaired) electrons. The van der Waals surface area contributed by atoms with E-state index >= 15 is 0 Å². The highest BCUT2D eigenvalue weighted by molar-refractivity contribution is 7.99. The molecule has 2 aromatic rings. The van der Waals surface area contributed by atoms with Gasteiger partial charge in [0.05, 0.1) is 9.79 Å². The molecule has 2 aromatic carbocycles. The molecule has 0 spiro atoms. The Morgan fingerprint density at radius 1 is 0.875 bits per heavy atom. The van der Waals surface area contributed by atoms with E-state index in [9.17, 15) is 10.2 Å². The zero-order valence-corrected chi connectivity index (χ0v) is 10.0. The van der Waals surface area contributed by atoms with Crippen LogP contribution in [-0.2, 0) is 0 Å². The van der Waals surface area contributed by atoms with Gasteiger partial charge in [-0.15, -0.1) is 12.6 Å². The van der Waals surface area contributed by atoms with Gasteiger partial charge in [0.15, 0.2) is 0 Å². The standard InChI is InChI=1S/C12H10O2S2/c13-9-3-1-2-4-11(9)16-12-7-8(15)5-6-10(12)14/h1-7,13-15H. The van der Waals surface area contributed by atoms with Crippen molar-refractivity contribution in [2.24, 2.45) is 0 Å². The highest BCUT2D eigenvalue weighted by Crippen LogP contribution is 2.39. The van der Waals surface area contributed by atoms with Gasteiger partial charge in [0.25, 0.3) is 0 Å². The first-order valence-corrected chi connectivity index (χ1v) is 5.91. The lowest BCUT2D eigenvalue weighted by atomic mass is 10.3. The average molecular weight is 250 g/mol. The van der Waals surface area contributed by atoms with E-state index in [0.29, 0.717) is 9.79 Å². The number of para-hydroxylation sites is 1. The zero-order chi connectivity index (χ0) is 11.5. The summed E-state index contributed by atoms with van der Waals surface area (Å²) in [6, 6.07) is 12.1. The van der Waals surface area contributed by atoms with Crippen LogP contribution >= 0.6 is 24.4 Å². The molecule has 0 saturated carbocycles. The van der Waals surface area contributed by atoms with Gasteiger partial charge >= 0.3 is 0 Å². The first-order valence-electron chi connectivity index (χ1n) is 4.64. The van der Waals surface area contributed by atoms with Crippen molar-refractivity contribution >= 4 is 24.4 Å². The minimum Gasteiger partial charge on any atom is -0.507 e. The number of phenols is 2. The Morgan fingerprint density at radius 3 is 2.31 bits per heavy atom. The summed E-state index contributed by atoms with van der Waals surface area (Å²) in [6.45, 7) is 0. The van der Waals surface area contributed by atoms with Gasteiger partial charge in [0.1, 0.15) is 11.5 Å². The van der Waals surface area contributed by atoms with Gasteiger partial charge in [-0.25, -0.2) is 0 Å². The number of benzene rings is 2. The largest absolute Gasteiger partial charge is 0.507 e. The molecular weight excluding hydrogens is 240 g/mol. The van der Waals surface area contributed by atoms with Crippen LogP contribution in [0.3, 0.4) is 0 Å². The van der Waals surface area contributed by atoms with Crippen LogP contribution < -0.4 is 0 Å². The third kappa shape index (κ3) is 2.46. The second kappa shape index (κ2) is 4.72. The number of aromatic hydroxyl groups is 2. The molecule has 4 heteroatoms. The summed E-state index contributed by atoms with van der Waals surface area (Å²) >= 11 is 5.51. The predicted octanol–water partition coefficient (Wildman–Crippen LogP) is 3.54. The van der Waals surface area contributed by atoms with E-state index in [1.54, 1.807) is 36.4 Å². The normalized spacial score (nSPS) is 10.3. The molecular formula is C12H10O2S2. The van der Waals surface area contributed by atoms with Crippen LogP contribution in [-0.4, -0.2) is 10.2 Å². The molecule has 82 valence electrons. The minimum atomic E-state index is 0.186. The summed E-state index contributed by atoms with van der Waals surface area (Å²) in [5.74, 6) is 0.391. The molecule has 0 saturated heterocycles. The van der Waals surface area contributed by atoms with Gasteiger partial charge in [-0.3, -0.25) is 0 Å². The number of hydrogen-bond acceptors (Lipinski definition) is 4. The molecule has 2 N–H and O–H groups in total. The van der Waals surface area contributed by atoms with Gasteiger partial charge in [0, 0.05) is 4.90 Å². The molecule has 0 aliphatic heterocycles. The second-order valence-electron chi connectivity index (χ2n) is 3.22. The summed E-state index contributed by atoms with van der Waals surface area (Å²) in [5.41, 5.74) is 0. The van der Waals surface area contributed by atoms with E-state index in [0.717, 1.165) is 4.90 Å². The molecule has 0 heterocycles. The molecule has 0 aliphatic carbocycles. The van der Waals surface area contributed by atoms with E-state index in [1.165, 1.54) is 11.8 Å². The van der Waals surface area contributed by atoms with Crippen LogP contribution in [0.2, 0.25) is 0 Å². The highest BCUT2D eigenvalue weighted by atomic mass is 32.2. The highest BCUT2D eigenvalue weighted by Gasteiger charge is 2.06. The summed E-state index contributed by atoms with van der Waals surface area (Å²) in [6.07, 6.45) is 0. The zero-order valence-electron chi connectivity index (χ0n) is 8.29. The third-order valence-corrected chi connectivity index (χ3v) is 3.42. The molecule has 0 amide bonds. The van der Waals surface area contributed by atoms with Crippen LogP contribution in [0.1, 0.15) is 0 Å². The average Bonchev–Trinajstić information content (AvgIpc) is 2.27. The molecule has 16 heavy (non-hydrogen) atoms. The number of phenolic OH excluding ortho intramolecular Hbond substituents is 2. The fraction of sp³-hybridized carbons (Fsp3) is 0. The van der Waals surface area contributed by atoms with E-state index < -0.39 is 0 Å². The van der Waals surface area contributed by atoms with Crippen molar-refractivity contribution in [1.82, 2.24) is 0 Å². The molecule has 0 aliphatic rings. The van der Waals surface area contributed by atoms with E-state index in [4.69, 9.17) is 0 Å². The van der Waals surface area contributed by atoms with Crippen molar-refractivity contribution in [2.45, 2.75) is 14.7 Å². The van der Waals surface area contributed by atoms with Crippen molar-refractivity contribution in [3.8, 4) is 11.5 Å². The Labute approximate surface area is 103 Å². The van der Waals surface area contributed by atoms with Crippen LogP contribution in [0.25, 0.3) is 0 Å². The van der Waals surface area contributed by atoms with Crippen LogP contribution in [0.15, 0.2) is 57.2 Å². The lowest BCUT2D eigenvalue weighted by Crippen LogP contribution is -1.77. The second-order valence-corrected chi connectivity index (χ2v) is 4.82. The monoisotopic (exact) mass is 250 g/mol. The number of rotatable bonds is 2. The van der Waals surface area contributed by atoms with Gasteiger partial charge < -0.3 is 10.2 Å². The molecule has 0 bridgehead atoms. The smallest absolute Gasteiger partial charge is 0.129 e. The first-order chi connectivity index (χ1) is 7.66. The fourth-order valence-corrected chi connectivity index (χ4v) is 2.45. The molecule has 0 atom stereocenters. The number of hydrogen-bond donors (Lipinski definition) is 3. The summed E-state index contributed by atoms with van der Waals surface area (Å²) in [5, 5.41) is 19.3. The maximum absolute atomic E-state index is 9.65. The van der Waals surface area contributed by atoms with E-state index in [-0.39, 0.29) is 11.5 Å². The molecule has 0 aromatic heterocycles. The molecule has 0 unspecified atom stereocenters. The maximum Gasteiger partial charge on any atom is 0.129 e.